The molecule has 0 radical (unpaired) electrons. The highest BCUT2D eigenvalue weighted by Gasteiger charge is 2.31. The van der Waals surface area contributed by atoms with Gasteiger partial charge in [0.1, 0.15) is 5.69 Å². The van der Waals surface area contributed by atoms with Crippen molar-refractivity contribution in [3.8, 4) is 0 Å². The highest BCUT2D eigenvalue weighted by molar-refractivity contribution is 5.90. The third kappa shape index (κ3) is 9.42. The molecule has 1 aliphatic carbocycles. The molecule has 2 aromatic rings. The maximum absolute atomic E-state index is 12.9. The molecule has 0 bridgehead atoms. The maximum atomic E-state index is 12.9. The second kappa shape index (κ2) is 15.7. The number of esters is 1. The number of hydrogen-bond acceptors (Lipinski definition) is 9. The van der Waals surface area contributed by atoms with Gasteiger partial charge < -0.3 is 20.5 Å². The fourth-order valence-corrected chi connectivity index (χ4v) is 4.87. The number of nitrogens with zero attached hydrogens (tertiary/aromatic N) is 3. The van der Waals surface area contributed by atoms with Crippen molar-refractivity contribution in [3.63, 3.8) is 0 Å². The lowest BCUT2D eigenvalue weighted by Crippen LogP contribution is -2.38. The van der Waals surface area contributed by atoms with Gasteiger partial charge in [0, 0.05) is 31.0 Å². The number of aryl methyl sites for hydroxylation is 1. The molecular weight excluding hydrogens is 520 g/mol. The Labute approximate surface area is 232 Å². The van der Waals surface area contributed by atoms with Gasteiger partial charge in [0.2, 0.25) is 17.7 Å². The van der Waals surface area contributed by atoms with Gasteiger partial charge in [-0.25, -0.2) is 10.3 Å². The summed E-state index contributed by atoms with van der Waals surface area (Å²) >= 11 is 0. The number of aromatic nitrogens is 3. The molecule has 3 rings (SSSR count). The normalized spacial score (nSPS) is 15.1. The van der Waals surface area contributed by atoms with Crippen molar-refractivity contribution in [2.75, 3.05) is 12.4 Å². The first-order valence-electron chi connectivity index (χ1n) is 13.6. The number of methoxy groups -OCH3 is 1. The lowest BCUT2D eigenvalue weighted by molar-refractivity contribution is -0.150. The zero-order valence-electron chi connectivity index (χ0n) is 22.7. The number of anilines is 1. The Kier molecular flexibility index (Phi) is 12.0. The summed E-state index contributed by atoms with van der Waals surface area (Å²) in [6.07, 6.45) is 6.87. The van der Waals surface area contributed by atoms with Gasteiger partial charge in [-0.15, -0.1) is 5.10 Å². The largest absolute Gasteiger partial charge is 0.467 e. The molecule has 40 heavy (non-hydrogen) atoms. The zero-order chi connectivity index (χ0) is 28.9. The van der Waals surface area contributed by atoms with Crippen LogP contribution in [0.25, 0.3) is 0 Å². The standard InChI is InChI=1S/C27H38N6O7/c1-40-27(38)25(36)19-10-12-20(13-11-19)29-23(34)9-5-6-14-33-17-21(30-32-33)16-28-26(37)22(15-24(35)31-39)18-7-3-2-4-8-18/h10-13,17-18,22,25,36,39H,2-9,14-16H2,1H3,(H,28,37)(H,29,34)(H,31,35). The zero-order valence-corrected chi connectivity index (χ0v) is 22.7. The summed E-state index contributed by atoms with van der Waals surface area (Å²) in [7, 11) is 1.20. The molecule has 13 heteroatoms. The number of ether oxygens (including phenoxy) is 1. The number of hydrogen-bond donors (Lipinski definition) is 5. The first kappa shape index (κ1) is 30.7. The van der Waals surface area contributed by atoms with E-state index >= 15 is 0 Å². The van der Waals surface area contributed by atoms with Crippen LogP contribution < -0.4 is 16.1 Å². The fourth-order valence-electron chi connectivity index (χ4n) is 4.87. The van der Waals surface area contributed by atoms with Crippen LogP contribution in [0.5, 0.6) is 0 Å². The molecule has 2 atom stereocenters. The van der Waals surface area contributed by atoms with Crippen molar-refractivity contribution in [2.45, 2.75) is 77.0 Å². The van der Waals surface area contributed by atoms with Crippen LogP contribution in [0.3, 0.4) is 0 Å². The molecule has 0 saturated heterocycles. The van der Waals surface area contributed by atoms with E-state index in [0.29, 0.717) is 42.8 Å². The summed E-state index contributed by atoms with van der Waals surface area (Å²) < 4.78 is 6.17. The molecule has 0 aliphatic heterocycles. The van der Waals surface area contributed by atoms with Gasteiger partial charge in [-0.05, 0) is 49.3 Å². The highest BCUT2D eigenvalue weighted by Crippen LogP contribution is 2.32. The van der Waals surface area contributed by atoms with Crippen LogP contribution in [0, 0.1) is 11.8 Å². The lowest BCUT2D eigenvalue weighted by atomic mass is 9.78. The van der Waals surface area contributed by atoms with E-state index in [9.17, 15) is 24.3 Å². The monoisotopic (exact) mass is 558 g/mol. The van der Waals surface area contributed by atoms with E-state index < -0.39 is 23.9 Å². The van der Waals surface area contributed by atoms with Crippen molar-refractivity contribution in [3.05, 3.63) is 41.7 Å². The van der Waals surface area contributed by atoms with Gasteiger partial charge >= 0.3 is 5.97 Å². The van der Waals surface area contributed by atoms with E-state index in [2.05, 4.69) is 25.7 Å². The van der Waals surface area contributed by atoms with Gasteiger partial charge in [0.15, 0.2) is 6.10 Å². The van der Waals surface area contributed by atoms with Gasteiger partial charge in [0.05, 0.1) is 19.9 Å². The van der Waals surface area contributed by atoms with E-state index in [0.717, 1.165) is 32.1 Å². The Morgan fingerprint density at radius 3 is 2.48 bits per heavy atom. The number of unbranched alkanes of at least 4 members (excludes halogenated alkanes) is 1. The molecule has 3 amide bonds. The molecule has 1 heterocycles. The second-order valence-corrected chi connectivity index (χ2v) is 9.99. The van der Waals surface area contributed by atoms with E-state index in [1.54, 1.807) is 40.6 Å². The maximum Gasteiger partial charge on any atom is 0.339 e. The van der Waals surface area contributed by atoms with Crippen LogP contribution in [0.4, 0.5) is 5.69 Å². The Morgan fingerprint density at radius 1 is 1.07 bits per heavy atom. The van der Waals surface area contributed by atoms with Crippen LogP contribution in [-0.4, -0.2) is 56.1 Å². The molecule has 5 N–H and O–H groups in total. The average molecular weight is 559 g/mol. The smallest absolute Gasteiger partial charge is 0.339 e. The number of hydroxylamine groups is 1. The Bertz CT molecular complexity index is 1130. The third-order valence-corrected chi connectivity index (χ3v) is 7.09. The van der Waals surface area contributed by atoms with E-state index in [1.807, 2.05) is 0 Å². The van der Waals surface area contributed by atoms with Crippen LogP contribution in [0.1, 0.15) is 75.1 Å². The van der Waals surface area contributed by atoms with E-state index in [1.165, 1.54) is 7.11 Å². The molecule has 1 aromatic heterocycles. The first-order valence-corrected chi connectivity index (χ1v) is 13.6. The summed E-state index contributed by atoms with van der Waals surface area (Å²) in [5.41, 5.74) is 3.14. The SMILES string of the molecule is COC(=O)C(O)c1ccc(NC(=O)CCCCn2cc(CNC(=O)C(CC(=O)NO)C3CCCCC3)nn2)cc1. The number of benzene rings is 1. The van der Waals surface area contributed by atoms with E-state index in [4.69, 9.17) is 5.21 Å². The van der Waals surface area contributed by atoms with Crippen LogP contribution >= 0.6 is 0 Å². The van der Waals surface area contributed by atoms with Gasteiger partial charge in [-0.1, -0.05) is 36.6 Å². The summed E-state index contributed by atoms with van der Waals surface area (Å²) in [6, 6.07) is 6.30. The molecule has 1 saturated carbocycles. The van der Waals surface area contributed by atoms with Crippen molar-refractivity contribution in [1.82, 2.24) is 25.8 Å². The number of amides is 3. The second-order valence-electron chi connectivity index (χ2n) is 9.99. The first-order chi connectivity index (χ1) is 19.3. The molecule has 1 aliphatic rings. The Morgan fingerprint density at radius 2 is 1.80 bits per heavy atom. The predicted octanol–water partition coefficient (Wildman–Crippen LogP) is 2.00. The summed E-state index contributed by atoms with van der Waals surface area (Å²) in [5.74, 6) is -2.11. The van der Waals surface area contributed by atoms with Crippen LogP contribution in [0.2, 0.25) is 0 Å². The molecule has 218 valence electrons. The molecular formula is C27H38N6O7. The molecule has 1 fully saturated rings. The lowest BCUT2D eigenvalue weighted by Gasteiger charge is -2.28. The number of carbonyl (C=O) groups excluding carboxylic acids is 4. The Hall–Kier alpha value is -3.84. The number of aliphatic hydroxyl groups is 1. The highest BCUT2D eigenvalue weighted by atomic mass is 16.5. The van der Waals surface area contributed by atoms with Crippen LogP contribution in [0.15, 0.2) is 30.5 Å². The minimum absolute atomic E-state index is 0.0584. The number of nitrogens with one attached hydrogen (secondary N) is 3. The van der Waals surface area contributed by atoms with Crippen molar-refractivity contribution < 1.29 is 34.2 Å². The molecule has 1 aromatic carbocycles. The minimum Gasteiger partial charge on any atom is -0.467 e. The minimum atomic E-state index is -1.37. The quantitative estimate of drug-likeness (QED) is 0.100. The molecule has 13 nitrogen and oxygen atoms in total. The van der Waals surface area contributed by atoms with Crippen molar-refractivity contribution in [2.24, 2.45) is 11.8 Å². The number of carbonyl (C=O) groups is 4. The van der Waals surface area contributed by atoms with Gasteiger partial charge in [0.25, 0.3) is 0 Å². The molecule has 2 unspecified atom stereocenters. The van der Waals surface area contributed by atoms with Gasteiger partial charge in [-0.3, -0.25) is 24.3 Å². The third-order valence-electron chi connectivity index (χ3n) is 7.09. The van der Waals surface area contributed by atoms with Crippen molar-refractivity contribution in [1.29, 1.82) is 0 Å². The predicted molar refractivity (Wildman–Crippen MR) is 142 cm³/mol. The summed E-state index contributed by atoms with van der Waals surface area (Å²) in [5, 5.41) is 32.6. The number of rotatable bonds is 14. The van der Waals surface area contributed by atoms with Crippen LogP contribution in [-0.2, 0) is 37.0 Å². The average Bonchev–Trinajstić information content (AvgIpc) is 3.44. The topological polar surface area (TPSA) is 185 Å². The Balaban J connectivity index is 1.38. The van der Waals surface area contributed by atoms with Crippen molar-refractivity contribution >= 4 is 29.4 Å². The molecule has 0 spiro atoms. The fraction of sp³-hybridized carbons (Fsp3) is 0.556. The van der Waals surface area contributed by atoms with Gasteiger partial charge in [-0.2, -0.15) is 0 Å². The summed E-state index contributed by atoms with van der Waals surface area (Å²) in [6.45, 7) is 0.733. The summed E-state index contributed by atoms with van der Waals surface area (Å²) in [4.78, 5) is 48.3. The van der Waals surface area contributed by atoms with E-state index in [-0.39, 0.29) is 30.7 Å². The number of aliphatic hydroxyl groups excluding tert-OH is 1.